The molecule has 5 rings (SSSR count). The van der Waals surface area contributed by atoms with E-state index >= 15 is 0 Å². The van der Waals surface area contributed by atoms with Crippen LogP contribution in [0.1, 0.15) is 25.1 Å². The van der Waals surface area contributed by atoms with E-state index in [2.05, 4.69) is 67.5 Å². The van der Waals surface area contributed by atoms with E-state index < -0.39 is 4.93 Å². The van der Waals surface area contributed by atoms with Gasteiger partial charge in [-0.05, 0) is 49.7 Å². The summed E-state index contributed by atoms with van der Waals surface area (Å²) in [5, 5.41) is 0. The molecule has 0 bridgehead atoms. The maximum Gasteiger partial charge on any atom is 0.196 e. The quantitative estimate of drug-likeness (QED) is 0.550. The van der Waals surface area contributed by atoms with E-state index in [1.807, 2.05) is 35.7 Å². The number of hydrogen-bond acceptors (Lipinski definition) is 4. The van der Waals surface area contributed by atoms with Crippen molar-refractivity contribution >= 4 is 35.3 Å². The van der Waals surface area contributed by atoms with E-state index in [0.29, 0.717) is 0 Å². The third-order valence-electron chi connectivity index (χ3n) is 4.61. The van der Waals surface area contributed by atoms with Gasteiger partial charge < -0.3 is 9.72 Å². The second kappa shape index (κ2) is 5.53. The predicted octanol–water partition coefficient (Wildman–Crippen LogP) is 6.44. The zero-order chi connectivity index (χ0) is 17.1. The van der Waals surface area contributed by atoms with Crippen LogP contribution in [0.3, 0.4) is 0 Å². The van der Waals surface area contributed by atoms with Gasteiger partial charge in [-0.2, -0.15) is 0 Å². The number of fused-ring (bicyclic) bond motifs is 2. The van der Waals surface area contributed by atoms with Crippen LogP contribution in [0, 0.1) is 0 Å². The molecule has 0 saturated heterocycles. The lowest BCUT2D eigenvalue weighted by atomic mass is 10.2. The molecule has 0 saturated carbocycles. The van der Waals surface area contributed by atoms with Crippen molar-refractivity contribution in [2.24, 2.45) is 0 Å². The third-order valence-corrected chi connectivity index (χ3v) is 8.90. The zero-order valence-electron chi connectivity index (χ0n) is 13.9. The number of H-pyrrole nitrogens is 1. The van der Waals surface area contributed by atoms with E-state index in [0.717, 1.165) is 11.4 Å². The molecular weight excluding hydrogens is 366 g/mol. The highest BCUT2D eigenvalue weighted by molar-refractivity contribution is 8.20. The average molecular weight is 384 g/mol. The first-order chi connectivity index (χ1) is 12.1. The Labute approximate surface area is 160 Å². The number of aromatic amines is 1. The summed E-state index contributed by atoms with van der Waals surface area (Å²) >= 11 is 5.62. The zero-order valence-corrected chi connectivity index (χ0v) is 16.4. The van der Waals surface area contributed by atoms with Gasteiger partial charge >= 0.3 is 0 Å². The second-order valence-electron chi connectivity index (χ2n) is 6.50. The van der Waals surface area contributed by atoms with E-state index in [1.54, 1.807) is 11.8 Å². The third kappa shape index (κ3) is 2.52. The van der Waals surface area contributed by atoms with Crippen molar-refractivity contribution in [1.29, 1.82) is 0 Å². The lowest BCUT2D eigenvalue weighted by Crippen LogP contribution is -2.21. The number of nitrogens with one attached hydrogen (secondary N) is 1. The van der Waals surface area contributed by atoms with Gasteiger partial charge in [0.25, 0.3) is 0 Å². The molecule has 3 aromatic rings. The van der Waals surface area contributed by atoms with Crippen LogP contribution in [0.25, 0.3) is 0 Å². The van der Waals surface area contributed by atoms with Gasteiger partial charge in [0, 0.05) is 16.0 Å². The lowest BCUT2D eigenvalue weighted by molar-refractivity contribution is 0.192. The normalized spacial score (nSPS) is 23.1. The summed E-state index contributed by atoms with van der Waals surface area (Å²) in [7, 11) is 0. The highest BCUT2D eigenvalue weighted by atomic mass is 32.2. The molecule has 0 aliphatic carbocycles. The number of ether oxygens (including phenoxy) is 1. The Morgan fingerprint density at radius 2 is 1.48 bits per heavy atom. The topological polar surface area (TPSA) is 25.0 Å². The van der Waals surface area contributed by atoms with Crippen molar-refractivity contribution in [3.8, 4) is 5.75 Å². The molecule has 2 aliphatic heterocycles. The summed E-state index contributed by atoms with van der Waals surface area (Å²) in [5.74, 6) is 0.967. The van der Waals surface area contributed by atoms with Crippen LogP contribution in [0.4, 0.5) is 0 Å². The molecule has 2 aromatic carbocycles. The molecule has 0 spiro atoms. The molecule has 2 nitrogen and oxygen atoms in total. The van der Waals surface area contributed by atoms with Crippen molar-refractivity contribution < 1.29 is 4.74 Å². The summed E-state index contributed by atoms with van der Waals surface area (Å²) in [6.07, 6.45) is 2.14. The molecular formula is C20H17NOS3. The van der Waals surface area contributed by atoms with E-state index in [1.165, 1.54) is 20.2 Å². The van der Waals surface area contributed by atoms with Gasteiger partial charge in [-0.3, -0.25) is 0 Å². The SMILES string of the molecule is CC1(c2cc(C3(C)Sc4ccccc4S3)c[nH]2)Oc2ccccc2S1. The number of hydrogen-bond donors (Lipinski definition) is 1. The van der Waals surface area contributed by atoms with Crippen molar-refractivity contribution in [2.75, 3.05) is 0 Å². The average Bonchev–Trinajstić information content (AvgIpc) is 3.29. The standard InChI is InChI=1S/C20H17NOS3/c1-19(22-14-7-3-4-8-15(14)23-19)18-11-13(12-21-18)20(2)24-16-9-5-6-10-17(16)25-20/h3-12,21H,1-2H3. The smallest absolute Gasteiger partial charge is 0.196 e. The van der Waals surface area contributed by atoms with Crippen LogP contribution in [0.5, 0.6) is 5.75 Å². The molecule has 0 fully saturated rings. The monoisotopic (exact) mass is 383 g/mol. The Balaban J connectivity index is 1.46. The van der Waals surface area contributed by atoms with Gasteiger partial charge in [-0.15, -0.1) is 23.5 Å². The summed E-state index contributed by atoms with van der Waals surface area (Å²) in [5.41, 5.74) is 2.41. The first-order valence-corrected chi connectivity index (χ1v) is 10.6. The number of para-hydroxylation sites is 1. The van der Waals surface area contributed by atoms with Crippen LogP contribution in [-0.2, 0) is 9.01 Å². The molecule has 3 heterocycles. The number of thioether (sulfide) groups is 3. The molecule has 1 atom stereocenters. The summed E-state index contributed by atoms with van der Waals surface area (Å²) in [6, 6.07) is 19.2. The first kappa shape index (κ1) is 15.8. The van der Waals surface area contributed by atoms with Crippen molar-refractivity contribution in [3.05, 3.63) is 72.1 Å². The minimum Gasteiger partial charge on any atom is -0.469 e. The van der Waals surface area contributed by atoms with Crippen LogP contribution >= 0.6 is 35.3 Å². The maximum absolute atomic E-state index is 6.27. The highest BCUT2D eigenvalue weighted by Crippen LogP contribution is 2.61. The molecule has 1 N–H and O–H groups in total. The molecule has 1 unspecified atom stereocenters. The Bertz CT molecular complexity index is 839. The van der Waals surface area contributed by atoms with Gasteiger partial charge in [0.1, 0.15) is 5.75 Å². The fraction of sp³-hybridized carbons (Fsp3) is 0.200. The minimum atomic E-state index is -0.404. The van der Waals surface area contributed by atoms with Crippen molar-refractivity contribution in [2.45, 2.75) is 37.5 Å². The Hall–Kier alpha value is -1.43. The number of aromatic nitrogens is 1. The van der Waals surface area contributed by atoms with E-state index in [9.17, 15) is 0 Å². The van der Waals surface area contributed by atoms with Crippen LogP contribution in [-0.4, -0.2) is 4.98 Å². The summed E-state index contributed by atoms with van der Waals surface area (Å²) in [4.78, 5) is 7.00. The molecule has 126 valence electrons. The molecule has 1 aromatic heterocycles. The number of rotatable bonds is 2. The maximum atomic E-state index is 6.27. The van der Waals surface area contributed by atoms with Gasteiger partial charge in [0.15, 0.2) is 4.93 Å². The van der Waals surface area contributed by atoms with Crippen LogP contribution < -0.4 is 4.74 Å². The molecule has 2 aliphatic rings. The molecule has 5 heteroatoms. The van der Waals surface area contributed by atoms with E-state index in [-0.39, 0.29) is 4.08 Å². The van der Waals surface area contributed by atoms with Gasteiger partial charge in [-0.1, -0.05) is 36.0 Å². The Morgan fingerprint density at radius 1 is 0.840 bits per heavy atom. The predicted molar refractivity (Wildman–Crippen MR) is 107 cm³/mol. The minimum absolute atomic E-state index is 0.00901. The summed E-state index contributed by atoms with van der Waals surface area (Å²) in [6.45, 7) is 4.44. The van der Waals surface area contributed by atoms with Gasteiger partial charge in [0.05, 0.1) is 14.7 Å². The Morgan fingerprint density at radius 3 is 2.16 bits per heavy atom. The first-order valence-electron chi connectivity index (χ1n) is 8.19. The second-order valence-corrected chi connectivity index (χ2v) is 11.1. The molecule has 25 heavy (non-hydrogen) atoms. The van der Waals surface area contributed by atoms with Gasteiger partial charge in [-0.25, -0.2) is 0 Å². The van der Waals surface area contributed by atoms with E-state index in [4.69, 9.17) is 4.74 Å². The largest absolute Gasteiger partial charge is 0.469 e. The fourth-order valence-electron chi connectivity index (χ4n) is 3.27. The van der Waals surface area contributed by atoms with Crippen LogP contribution in [0.2, 0.25) is 0 Å². The van der Waals surface area contributed by atoms with Gasteiger partial charge in [0.2, 0.25) is 0 Å². The van der Waals surface area contributed by atoms with Crippen molar-refractivity contribution in [3.63, 3.8) is 0 Å². The van der Waals surface area contributed by atoms with Crippen molar-refractivity contribution in [1.82, 2.24) is 4.98 Å². The fourth-order valence-corrected chi connectivity index (χ4v) is 7.30. The number of benzene rings is 2. The Kier molecular flexibility index (Phi) is 3.50. The van der Waals surface area contributed by atoms with Crippen LogP contribution in [0.15, 0.2) is 75.5 Å². The molecule has 0 amide bonds. The molecule has 0 radical (unpaired) electrons. The lowest BCUT2D eigenvalue weighted by Gasteiger charge is -2.22. The highest BCUT2D eigenvalue weighted by Gasteiger charge is 2.42. The summed E-state index contributed by atoms with van der Waals surface area (Å²) < 4.78 is 6.26.